The third kappa shape index (κ3) is 3.22. The molecule has 0 atom stereocenters. The van der Waals surface area contributed by atoms with Crippen LogP contribution in [-0.4, -0.2) is 11.7 Å². The molecule has 4 heteroatoms. The highest BCUT2D eigenvalue weighted by molar-refractivity contribution is 6.30. The molecule has 0 aliphatic heterocycles. The van der Waals surface area contributed by atoms with Gasteiger partial charge in [-0.3, -0.25) is 9.59 Å². The fraction of sp³-hybridized carbons (Fsp3) is 0.0909. The van der Waals surface area contributed by atoms with Gasteiger partial charge in [0, 0.05) is 5.02 Å². The van der Waals surface area contributed by atoms with Gasteiger partial charge in [-0.25, -0.2) is 0 Å². The van der Waals surface area contributed by atoms with Crippen LogP contribution < -0.4 is 5.73 Å². The van der Waals surface area contributed by atoms with Crippen molar-refractivity contribution in [3.8, 4) is 0 Å². The van der Waals surface area contributed by atoms with Crippen LogP contribution in [-0.2, 0) is 9.59 Å². The molecule has 1 rings (SSSR count). The van der Waals surface area contributed by atoms with Gasteiger partial charge >= 0.3 is 0 Å². The van der Waals surface area contributed by atoms with Gasteiger partial charge < -0.3 is 5.73 Å². The SMILES string of the molecule is CC(=O)/C(=C/c1cccc(Cl)c1)C(N)=O. The standard InChI is InChI=1S/C11H10ClNO2/c1-7(14)10(11(13)15)6-8-3-2-4-9(12)5-8/h2-6H,1H3,(H2,13,15)/b10-6-. The molecule has 0 saturated carbocycles. The number of carbonyl (C=O) groups is 2. The number of Topliss-reactive ketones (excluding diaryl/α,β-unsaturated/α-hetero) is 1. The Morgan fingerprint density at radius 2 is 2.07 bits per heavy atom. The van der Waals surface area contributed by atoms with Gasteiger partial charge in [0.05, 0.1) is 5.57 Å². The summed E-state index contributed by atoms with van der Waals surface area (Å²) in [5, 5.41) is 0.538. The maximum atomic E-state index is 11.1. The minimum Gasteiger partial charge on any atom is -0.365 e. The molecular weight excluding hydrogens is 214 g/mol. The lowest BCUT2D eigenvalue weighted by Gasteiger charge is -1.99. The quantitative estimate of drug-likeness (QED) is 0.483. The number of amides is 1. The second-order valence-corrected chi connectivity index (χ2v) is 3.47. The van der Waals surface area contributed by atoms with Crippen LogP contribution in [0.4, 0.5) is 0 Å². The van der Waals surface area contributed by atoms with Crippen molar-refractivity contribution < 1.29 is 9.59 Å². The molecule has 15 heavy (non-hydrogen) atoms. The van der Waals surface area contributed by atoms with E-state index in [2.05, 4.69) is 0 Å². The summed E-state index contributed by atoms with van der Waals surface area (Å²) in [6, 6.07) is 6.81. The zero-order chi connectivity index (χ0) is 11.4. The van der Waals surface area contributed by atoms with Crippen molar-refractivity contribution in [1.29, 1.82) is 0 Å². The molecule has 78 valence electrons. The molecule has 0 bridgehead atoms. The van der Waals surface area contributed by atoms with Gasteiger partial charge in [-0.05, 0) is 30.7 Å². The number of ketones is 1. The Labute approximate surface area is 92.5 Å². The number of nitrogens with two attached hydrogens (primary N) is 1. The second kappa shape index (κ2) is 4.75. The van der Waals surface area contributed by atoms with Crippen molar-refractivity contribution in [3.05, 3.63) is 40.4 Å². The molecule has 1 amide bonds. The van der Waals surface area contributed by atoms with Gasteiger partial charge in [0.25, 0.3) is 5.91 Å². The van der Waals surface area contributed by atoms with E-state index in [4.69, 9.17) is 17.3 Å². The van der Waals surface area contributed by atoms with Crippen LogP contribution in [0.1, 0.15) is 12.5 Å². The first kappa shape index (κ1) is 11.5. The summed E-state index contributed by atoms with van der Waals surface area (Å²) in [5.41, 5.74) is 5.70. The van der Waals surface area contributed by atoms with E-state index < -0.39 is 5.91 Å². The minimum absolute atomic E-state index is 0.0303. The molecule has 0 aromatic heterocycles. The average molecular weight is 224 g/mol. The summed E-state index contributed by atoms with van der Waals surface area (Å²) < 4.78 is 0. The average Bonchev–Trinajstić information content (AvgIpc) is 2.13. The Balaban J connectivity index is 3.13. The van der Waals surface area contributed by atoms with Gasteiger partial charge in [0.2, 0.25) is 0 Å². The lowest BCUT2D eigenvalue weighted by atomic mass is 10.1. The normalized spacial score (nSPS) is 11.2. The maximum absolute atomic E-state index is 11.1. The highest BCUT2D eigenvalue weighted by Crippen LogP contribution is 2.13. The molecule has 0 aliphatic rings. The smallest absolute Gasteiger partial charge is 0.252 e. The van der Waals surface area contributed by atoms with Crippen molar-refractivity contribution in [3.63, 3.8) is 0 Å². The number of halogens is 1. The fourth-order valence-electron chi connectivity index (χ4n) is 1.11. The van der Waals surface area contributed by atoms with Crippen molar-refractivity contribution >= 4 is 29.4 Å². The summed E-state index contributed by atoms with van der Waals surface area (Å²) in [5.74, 6) is -1.09. The monoisotopic (exact) mass is 223 g/mol. The van der Waals surface area contributed by atoms with E-state index in [1.165, 1.54) is 13.0 Å². The molecule has 0 fully saturated rings. The number of hydrogen-bond donors (Lipinski definition) is 1. The van der Waals surface area contributed by atoms with E-state index in [0.29, 0.717) is 10.6 Å². The Morgan fingerprint density at radius 3 is 2.53 bits per heavy atom. The molecule has 1 aromatic rings. The van der Waals surface area contributed by atoms with E-state index in [1.54, 1.807) is 24.3 Å². The molecule has 0 aliphatic carbocycles. The first-order valence-electron chi connectivity index (χ1n) is 4.28. The minimum atomic E-state index is -0.734. The number of carbonyl (C=O) groups excluding carboxylic acids is 2. The second-order valence-electron chi connectivity index (χ2n) is 3.03. The zero-order valence-electron chi connectivity index (χ0n) is 8.16. The topological polar surface area (TPSA) is 60.2 Å². The van der Waals surface area contributed by atoms with Crippen LogP contribution in [0.5, 0.6) is 0 Å². The number of hydrogen-bond acceptors (Lipinski definition) is 2. The van der Waals surface area contributed by atoms with E-state index in [1.807, 2.05) is 0 Å². The predicted octanol–water partition coefficient (Wildman–Crippen LogP) is 1.80. The Morgan fingerprint density at radius 1 is 1.40 bits per heavy atom. The third-order valence-corrected chi connectivity index (χ3v) is 2.04. The van der Waals surface area contributed by atoms with Crippen molar-refractivity contribution in [2.75, 3.05) is 0 Å². The summed E-state index contributed by atoms with van der Waals surface area (Å²) in [6.45, 7) is 1.29. The fourth-order valence-corrected chi connectivity index (χ4v) is 1.31. The van der Waals surface area contributed by atoms with E-state index in [-0.39, 0.29) is 11.4 Å². The van der Waals surface area contributed by atoms with Gasteiger partial charge in [-0.2, -0.15) is 0 Å². The lowest BCUT2D eigenvalue weighted by molar-refractivity contribution is -0.119. The van der Waals surface area contributed by atoms with Crippen LogP contribution in [0.25, 0.3) is 6.08 Å². The highest BCUT2D eigenvalue weighted by atomic mass is 35.5. The van der Waals surface area contributed by atoms with Gasteiger partial charge in [-0.15, -0.1) is 0 Å². The van der Waals surface area contributed by atoms with Gasteiger partial charge in [0.15, 0.2) is 5.78 Å². The largest absolute Gasteiger partial charge is 0.365 e. The van der Waals surface area contributed by atoms with Crippen molar-refractivity contribution in [2.24, 2.45) is 5.73 Å². The summed E-state index contributed by atoms with van der Waals surface area (Å²) in [6.07, 6.45) is 1.43. The summed E-state index contributed by atoms with van der Waals surface area (Å²) in [4.78, 5) is 22.0. The number of benzene rings is 1. The van der Waals surface area contributed by atoms with Crippen LogP contribution in [0.2, 0.25) is 5.02 Å². The van der Waals surface area contributed by atoms with Crippen LogP contribution in [0, 0.1) is 0 Å². The van der Waals surface area contributed by atoms with Crippen LogP contribution in [0.15, 0.2) is 29.8 Å². The van der Waals surface area contributed by atoms with Gasteiger partial charge in [-0.1, -0.05) is 23.7 Å². The molecular formula is C11H10ClNO2. The first-order chi connectivity index (χ1) is 7.00. The lowest BCUT2D eigenvalue weighted by Crippen LogP contribution is -2.18. The Hall–Kier alpha value is -1.61. The maximum Gasteiger partial charge on any atom is 0.252 e. The van der Waals surface area contributed by atoms with Crippen molar-refractivity contribution in [2.45, 2.75) is 6.92 Å². The predicted molar refractivity (Wildman–Crippen MR) is 59.3 cm³/mol. The van der Waals surface area contributed by atoms with E-state index in [9.17, 15) is 9.59 Å². The number of primary amides is 1. The Kier molecular flexibility index (Phi) is 3.63. The molecule has 0 heterocycles. The molecule has 1 aromatic carbocycles. The third-order valence-electron chi connectivity index (χ3n) is 1.80. The molecule has 0 unspecified atom stereocenters. The number of rotatable bonds is 3. The van der Waals surface area contributed by atoms with Crippen molar-refractivity contribution in [1.82, 2.24) is 0 Å². The molecule has 0 radical (unpaired) electrons. The van der Waals surface area contributed by atoms with Crippen LogP contribution in [0.3, 0.4) is 0 Å². The molecule has 0 spiro atoms. The van der Waals surface area contributed by atoms with Gasteiger partial charge in [0.1, 0.15) is 0 Å². The first-order valence-corrected chi connectivity index (χ1v) is 4.66. The molecule has 3 nitrogen and oxygen atoms in total. The molecule has 0 saturated heterocycles. The van der Waals surface area contributed by atoms with E-state index in [0.717, 1.165) is 0 Å². The zero-order valence-corrected chi connectivity index (χ0v) is 8.91. The summed E-state index contributed by atoms with van der Waals surface area (Å²) >= 11 is 5.76. The Bertz CT molecular complexity index is 422. The van der Waals surface area contributed by atoms with Crippen LogP contribution >= 0.6 is 11.6 Å². The summed E-state index contributed by atoms with van der Waals surface area (Å²) in [7, 11) is 0. The van der Waals surface area contributed by atoms with E-state index >= 15 is 0 Å². The highest BCUT2D eigenvalue weighted by Gasteiger charge is 2.10. The molecule has 2 N–H and O–H groups in total.